The Kier molecular flexibility index (Phi) is 4.93. The molecule has 1 aliphatic carbocycles. The highest BCUT2D eigenvalue weighted by Gasteiger charge is 2.24. The van der Waals surface area contributed by atoms with Gasteiger partial charge in [-0.1, -0.05) is 12.8 Å². The van der Waals surface area contributed by atoms with Crippen LogP contribution in [0.25, 0.3) is 0 Å². The summed E-state index contributed by atoms with van der Waals surface area (Å²) in [5.74, 6) is 8.37. The molecule has 0 amide bonds. The van der Waals surface area contributed by atoms with Gasteiger partial charge < -0.3 is 15.8 Å². The third-order valence-corrected chi connectivity index (χ3v) is 3.83. The third-order valence-electron chi connectivity index (χ3n) is 3.83. The van der Waals surface area contributed by atoms with E-state index in [0.717, 1.165) is 18.8 Å². The summed E-state index contributed by atoms with van der Waals surface area (Å²) in [5.41, 5.74) is 2.53. The minimum atomic E-state index is 0.282. The lowest BCUT2D eigenvalue weighted by atomic mass is 9.79. The van der Waals surface area contributed by atoms with Crippen molar-refractivity contribution in [3.05, 3.63) is 11.9 Å². The number of rotatable bonds is 5. The highest BCUT2D eigenvalue weighted by atomic mass is 16.3. The summed E-state index contributed by atoms with van der Waals surface area (Å²) >= 11 is 0. The number of hydrazine groups is 1. The van der Waals surface area contributed by atoms with Crippen LogP contribution >= 0.6 is 0 Å². The maximum absolute atomic E-state index is 9.40. The van der Waals surface area contributed by atoms with E-state index in [-0.39, 0.29) is 6.61 Å². The van der Waals surface area contributed by atoms with Gasteiger partial charge in [0.05, 0.1) is 0 Å². The Morgan fingerprint density at radius 3 is 2.63 bits per heavy atom. The van der Waals surface area contributed by atoms with Crippen molar-refractivity contribution >= 4 is 11.6 Å². The number of nitrogens with two attached hydrogens (primary N) is 1. The van der Waals surface area contributed by atoms with Crippen molar-refractivity contribution in [1.29, 1.82) is 0 Å². The molecule has 6 nitrogen and oxygen atoms in total. The third kappa shape index (κ3) is 3.78. The molecule has 1 aromatic rings. The highest BCUT2D eigenvalue weighted by molar-refractivity contribution is 5.46. The number of anilines is 2. The van der Waals surface area contributed by atoms with E-state index < -0.39 is 0 Å². The number of nitrogens with zero attached hydrogens (tertiary/aromatic N) is 2. The summed E-state index contributed by atoms with van der Waals surface area (Å²) < 4.78 is 0. The van der Waals surface area contributed by atoms with Crippen molar-refractivity contribution in [3.63, 3.8) is 0 Å². The number of hydrogen-bond acceptors (Lipinski definition) is 6. The van der Waals surface area contributed by atoms with Gasteiger partial charge in [0, 0.05) is 19.2 Å². The van der Waals surface area contributed by atoms with Crippen molar-refractivity contribution in [2.45, 2.75) is 32.6 Å². The van der Waals surface area contributed by atoms with Gasteiger partial charge in [-0.3, -0.25) is 0 Å². The number of nitrogens with one attached hydrogen (secondary N) is 2. The van der Waals surface area contributed by atoms with Crippen molar-refractivity contribution in [3.8, 4) is 0 Å². The van der Waals surface area contributed by atoms with Crippen LogP contribution in [0.1, 0.15) is 31.5 Å². The molecule has 6 heteroatoms. The molecule has 5 N–H and O–H groups in total. The Labute approximate surface area is 113 Å². The fourth-order valence-electron chi connectivity index (χ4n) is 2.76. The summed E-state index contributed by atoms with van der Waals surface area (Å²) in [4.78, 5) is 8.49. The average Bonchev–Trinajstić information content (AvgIpc) is 2.44. The molecule has 1 heterocycles. The van der Waals surface area contributed by atoms with E-state index in [0.29, 0.717) is 23.5 Å². The van der Waals surface area contributed by atoms with E-state index in [9.17, 15) is 5.11 Å². The number of aliphatic hydroxyl groups excluding tert-OH is 1. The van der Waals surface area contributed by atoms with Crippen molar-refractivity contribution in [1.82, 2.24) is 9.97 Å². The van der Waals surface area contributed by atoms with Crippen LogP contribution in [0.2, 0.25) is 0 Å². The van der Waals surface area contributed by atoms with Crippen LogP contribution in [0.15, 0.2) is 6.07 Å². The molecule has 0 aromatic carbocycles. The summed E-state index contributed by atoms with van der Waals surface area (Å²) in [5, 5.41) is 12.7. The Bertz CT molecular complexity index is 412. The second kappa shape index (κ2) is 6.68. The molecule has 1 aromatic heterocycles. The Balaban J connectivity index is 1.95. The molecule has 1 saturated carbocycles. The van der Waals surface area contributed by atoms with Crippen LogP contribution in [0, 0.1) is 18.8 Å². The number of aryl methyl sites for hydroxylation is 1. The van der Waals surface area contributed by atoms with Gasteiger partial charge in [0.25, 0.3) is 0 Å². The molecular weight excluding hydrogens is 242 g/mol. The summed E-state index contributed by atoms with van der Waals surface area (Å²) in [6, 6.07) is 1.80. The zero-order valence-corrected chi connectivity index (χ0v) is 11.4. The van der Waals surface area contributed by atoms with Gasteiger partial charge in [-0.25, -0.2) is 15.8 Å². The van der Waals surface area contributed by atoms with Gasteiger partial charge in [-0.05, 0) is 31.6 Å². The number of nitrogen functional groups attached to an aromatic ring is 1. The predicted octanol–water partition coefficient (Wildman–Crippen LogP) is 1.28. The molecule has 0 saturated heterocycles. The Morgan fingerprint density at radius 1 is 1.26 bits per heavy atom. The van der Waals surface area contributed by atoms with Crippen molar-refractivity contribution in [2.24, 2.45) is 17.7 Å². The van der Waals surface area contributed by atoms with Gasteiger partial charge in [-0.15, -0.1) is 0 Å². The second-order valence-electron chi connectivity index (χ2n) is 5.20. The fraction of sp³-hybridized carbons (Fsp3) is 0.692. The zero-order chi connectivity index (χ0) is 13.7. The van der Waals surface area contributed by atoms with Crippen LogP contribution in [-0.4, -0.2) is 28.2 Å². The standard InChI is InChI=1S/C13H23N5O/c1-9-16-12(6-13(17-9)18-14)15-7-10-4-2-3-5-11(10)8-19/h6,10-11,19H,2-5,7-8,14H2,1H3,(H2,15,16,17,18). The van der Waals surface area contributed by atoms with Crippen molar-refractivity contribution in [2.75, 3.05) is 23.9 Å². The lowest BCUT2D eigenvalue weighted by Gasteiger charge is -2.30. The number of aliphatic hydroxyl groups is 1. The van der Waals surface area contributed by atoms with Gasteiger partial charge in [0.15, 0.2) is 0 Å². The zero-order valence-electron chi connectivity index (χ0n) is 11.4. The lowest BCUT2D eigenvalue weighted by Crippen LogP contribution is -2.29. The van der Waals surface area contributed by atoms with E-state index >= 15 is 0 Å². The summed E-state index contributed by atoms with van der Waals surface area (Å²) in [6.07, 6.45) is 4.78. The predicted molar refractivity (Wildman–Crippen MR) is 75.6 cm³/mol. The minimum Gasteiger partial charge on any atom is -0.396 e. The molecule has 19 heavy (non-hydrogen) atoms. The van der Waals surface area contributed by atoms with E-state index in [1.807, 2.05) is 6.92 Å². The quantitative estimate of drug-likeness (QED) is 0.473. The molecular formula is C13H23N5O. The Morgan fingerprint density at radius 2 is 1.95 bits per heavy atom. The maximum atomic E-state index is 9.40. The van der Waals surface area contributed by atoms with Crippen LogP contribution in [0.5, 0.6) is 0 Å². The van der Waals surface area contributed by atoms with Gasteiger partial charge >= 0.3 is 0 Å². The molecule has 0 spiro atoms. The molecule has 0 radical (unpaired) electrons. The largest absolute Gasteiger partial charge is 0.396 e. The van der Waals surface area contributed by atoms with Crippen molar-refractivity contribution < 1.29 is 5.11 Å². The first-order valence-electron chi connectivity index (χ1n) is 6.90. The van der Waals surface area contributed by atoms with Crippen LogP contribution in [0.3, 0.4) is 0 Å². The van der Waals surface area contributed by atoms with Crippen LogP contribution in [0.4, 0.5) is 11.6 Å². The molecule has 0 aliphatic heterocycles. The normalized spacial score (nSPS) is 23.1. The van der Waals surface area contributed by atoms with E-state index in [1.165, 1.54) is 19.3 Å². The number of hydrogen-bond donors (Lipinski definition) is 4. The number of aromatic nitrogens is 2. The smallest absolute Gasteiger partial charge is 0.145 e. The molecule has 0 bridgehead atoms. The summed E-state index contributed by atoms with van der Waals surface area (Å²) in [6.45, 7) is 2.96. The SMILES string of the molecule is Cc1nc(NN)cc(NCC2CCCCC2CO)n1. The molecule has 1 aliphatic rings. The molecule has 2 rings (SSSR count). The Hall–Kier alpha value is -1.40. The fourth-order valence-corrected chi connectivity index (χ4v) is 2.76. The monoisotopic (exact) mass is 265 g/mol. The first-order valence-corrected chi connectivity index (χ1v) is 6.90. The van der Waals surface area contributed by atoms with Gasteiger partial charge in [0.2, 0.25) is 0 Å². The van der Waals surface area contributed by atoms with Crippen LogP contribution in [-0.2, 0) is 0 Å². The molecule has 2 atom stereocenters. The first kappa shape index (κ1) is 14.0. The topological polar surface area (TPSA) is 96.1 Å². The summed E-state index contributed by atoms with van der Waals surface area (Å²) in [7, 11) is 0. The van der Waals surface area contributed by atoms with Crippen LogP contribution < -0.4 is 16.6 Å². The first-order chi connectivity index (χ1) is 9.22. The highest BCUT2D eigenvalue weighted by Crippen LogP contribution is 2.29. The molecule has 1 fully saturated rings. The maximum Gasteiger partial charge on any atom is 0.145 e. The minimum absolute atomic E-state index is 0.282. The average molecular weight is 265 g/mol. The van der Waals surface area contributed by atoms with E-state index in [4.69, 9.17) is 5.84 Å². The molecule has 2 unspecified atom stereocenters. The lowest BCUT2D eigenvalue weighted by molar-refractivity contribution is 0.141. The molecule has 106 valence electrons. The van der Waals surface area contributed by atoms with Gasteiger partial charge in [-0.2, -0.15) is 0 Å². The van der Waals surface area contributed by atoms with E-state index in [1.54, 1.807) is 6.07 Å². The van der Waals surface area contributed by atoms with Gasteiger partial charge in [0.1, 0.15) is 17.5 Å². The van der Waals surface area contributed by atoms with E-state index in [2.05, 4.69) is 20.7 Å². The second-order valence-corrected chi connectivity index (χ2v) is 5.20.